The molecule has 5 nitrogen and oxygen atoms in total. The normalized spacial score (nSPS) is 10.8. The lowest BCUT2D eigenvalue weighted by molar-refractivity contribution is -0.135. The summed E-state index contributed by atoms with van der Waals surface area (Å²) in [6.07, 6.45) is 0.227. The molecule has 1 N–H and O–H groups in total. The molecule has 2 aromatic heterocycles. The van der Waals surface area contributed by atoms with Crippen LogP contribution in [0.1, 0.15) is 26.5 Å². The molecule has 2 aromatic rings. The maximum Gasteiger partial charge on any atom is 0.239 e. The van der Waals surface area contributed by atoms with E-state index in [0.29, 0.717) is 6.54 Å². The van der Waals surface area contributed by atoms with Gasteiger partial charge in [0, 0.05) is 18.0 Å². The molecule has 0 saturated heterocycles. The van der Waals surface area contributed by atoms with Gasteiger partial charge in [0.2, 0.25) is 11.8 Å². The van der Waals surface area contributed by atoms with Crippen molar-refractivity contribution < 1.29 is 9.59 Å². The molecule has 0 aliphatic carbocycles. The topological polar surface area (TPSA) is 62.3 Å². The summed E-state index contributed by atoms with van der Waals surface area (Å²) in [5.41, 5.74) is 0.756. The van der Waals surface area contributed by atoms with E-state index in [9.17, 15) is 9.59 Å². The van der Waals surface area contributed by atoms with Crippen molar-refractivity contribution in [1.29, 1.82) is 0 Å². The Morgan fingerprint density at radius 1 is 1.35 bits per heavy atom. The summed E-state index contributed by atoms with van der Waals surface area (Å²) in [5, 5.41) is 7.66. The Morgan fingerprint density at radius 3 is 2.74 bits per heavy atom. The van der Waals surface area contributed by atoms with Gasteiger partial charge in [0.15, 0.2) is 0 Å². The Hall–Kier alpha value is -1.73. The Bertz CT molecular complexity index is 650. The molecule has 7 heteroatoms. The first-order valence-corrected chi connectivity index (χ1v) is 9.31. The second-order valence-electron chi connectivity index (χ2n) is 5.43. The average molecular weight is 351 g/mol. The van der Waals surface area contributed by atoms with E-state index in [0.717, 1.165) is 15.6 Å². The number of hydrogen-bond acceptors (Lipinski definition) is 5. The number of thiophene rings is 1. The monoisotopic (exact) mass is 351 g/mol. The third-order valence-electron chi connectivity index (χ3n) is 3.13. The van der Waals surface area contributed by atoms with E-state index in [-0.39, 0.29) is 30.8 Å². The number of amides is 2. The summed E-state index contributed by atoms with van der Waals surface area (Å²) in [5.74, 6) is -0.206. The minimum Gasteiger partial charge on any atom is -0.352 e. The van der Waals surface area contributed by atoms with Crippen molar-refractivity contribution >= 4 is 34.5 Å². The van der Waals surface area contributed by atoms with Crippen LogP contribution in [0.3, 0.4) is 0 Å². The Labute approximate surface area is 144 Å². The third kappa shape index (κ3) is 5.14. The minimum atomic E-state index is -0.132. The molecule has 0 bridgehead atoms. The highest BCUT2D eigenvalue weighted by Gasteiger charge is 2.18. The van der Waals surface area contributed by atoms with Crippen LogP contribution in [0.25, 0.3) is 9.88 Å². The van der Waals surface area contributed by atoms with Gasteiger partial charge >= 0.3 is 0 Å². The van der Waals surface area contributed by atoms with E-state index in [1.807, 2.05) is 43.7 Å². The fourth-order valence-electron chi connectivity index (χ4n) is 2.09. The zero-order chi connectivity index (χ0) is 16.8. The number of carbonyl (C=O) groups is 2. The lowest BCUT2D eigenvalue weighted by Crippen LogP contribution is -2.43. The summed E-state index contributed by atoms with van der Waals surface area (Å²) in [6, 6.07) is 4.07. The van der Waals surface area contributed by atoms with Gasteiger partial charge in [0.1, 0.15) is 5.01 Å². The first-order chi connectivity index (χ1) is 11.0. The smallest absolute Gasteiger partial charge is 0.239 e. The standard InChI is InChI=1S/C16H21N3O2S2/c1-4-19(9-14(20)17-11(2)3)15(21)8-12-10-23-16(18-12)13-6-5-7-22-13/h5-7,10-11H,4,8-9H2,1-3H3,(H,17,20). The highest BCUT2D eigenvalue weighted by Crippen LogP contribution is 2.27. The van der Waals surface area contributed by atoms with Crippen LogP contribution >= 0.6 is 22.7 Å². The molecule has 23 heavy (non-hydrogen) atoms. The Morgan fingerprint density at radius 2 is 2.13 bits per heavy atom. The van der Waals surface area contributed by atoms with Crippen molar-refractivity contribution in [3.63, 3.8) is 0 Å². The van der Waals surface area contributed by atoms with E-state index in [4.69, 9.17) is 0 Å². The van der Waals surface area contributed by atoms with E-state index < -0.39 is 0 Å². The summed E-state index contributed by atoms with van der Waals surface area (Å²) >= 11 is 3.17. The van der Waals surface area contributed by atoms with Crippen LogP contribution in [0.5, 0.6) is 0 Å². The summed E-state index contributed by atoms with van der Waals surface area (Å²) in [7, 11) is 0. The number of hydrogen-bond donors (Lipinski definition) is 1. The zero-order valence-corrected chi connectivity index (χ0v) is 15.2. The van der Waals surface area contributed by atoms with Gasteiger partial charge in [0.25, 0.3) is 0 Å². The molecule has 0 aliphatic rings. The molecule has 0 fully saturated rings. The van der Waals surface area contributed by atoms with Crippen LogP contribution in [0.15, 0.2) is 22.9 Å². The average Bonchev–Trinajstić information content (AvgIpc) is 3.14. The zero-order valence-electron chi connectivity index (χ0n) is 13.5. The van der Waals surface area contributed by atoms with Gasteiger partial charge in [-0.25, -0.2) is 4.98 Å². The van der Waals surface area contributed by atoms with Gasteiger partial charge in [-0.15, -0.1) is 22.7 Å². The first kappa shape index (κ1) is 17.6. The molecular formula is C16H21N3O2S2. The molecule has 0 aromatic carbocycles. The molecule has 0 aliphatic heterocycles. The van der Waals surface area contributed by atoms with Crippen LogP contribution < -0.4 is 5.32 Å². The third-order valence-corrected chi connectivity index (χ3v) is 5.06. The van der Waals surface area contributed by atoms with Crippen molar-refractivity contribution in [2.45, 2.75) is 33.2 Å². The molecule has 2 amide bonds. The molecule has 0 radical (unpaired) electrons. The van der Waals surface area contributed by atoms with Crippen LogP contribution in [0, 0.1) is 0 Å². The van der Waals surface area contributed by atoms with Crippen LogP contribution in [0.4, 0.5) is 0 Å². The molecular weight excluding hydrogens is 330 g/mol. The van der Waals surface area contributed by atoms with Gasteiger partial charge in [-0.1, -0.05) is 6.07 Å². The SMILES string of the molecule is CCN(CC(=O)NC(C)C)C(=O)Cc1csc(-c2cccs2)n1. The first-order valence-electron chi connectivity index (χ1n) is 7.55. The number of carbonyl (C=O) groups excluding carboxylic acids is 2. The fourth-order valence-corrected chi connectivity index (χ4v) is 3.72. The van der Waals surface area contributed by atoms with Crippen molar-refractivity contribution in [1.82, 2.24) is 15.2 Å². The van der Waals surface area contributed by atoms with E-state index in [2.05, 4.69) is 10.3 Å². The molecule has 0 saturated carbocycles. The van der Waals surface area contributed by atoms with Gasteiger partial charge in [0.05, 0.1) is 23.5 Å². The highest BCUT2D eigenvalue weighted by atomic mass is 32.1. The fraction of sp³-hybridized carbons (Fsp3) is 0.438. The number of thiazole rings is 1. The number of rotatable bonds is 7. The predicted molar refractivity (Wildman–Crippen MR) is 94.7 cm³/mol. The van der Waals surface area contributed by atoms with Crippen molar-refractivity contribution in [3.05, 3.63) is 28.6 Å². The molecule has 0 atom stereocenters. The van der Waals surface area contributed by atoms with Gasteiger partial charge in [-0.3, -0.25) is 9.59 Å². The van der Waals surface area contributed by atoms with Gasteiger partial charge in [-0.2, -0.15) is 0 Å². The maximum absolute atomic E-state index is 12.4. The van der Waals surface area contributed by atoms with Crippen LogP contribution in [0.2, 0.25) is 0 Å². The Balaban J connectivity index is 1.95. The number of nitrogens with zero attached hydrogens (tertiary/aromatic N) is 2. The quantitative estimate of drug-likeness (QED) is 0.834. The summed E-state index contributed by atoms with van der Waals surface area (Å²) < 4.78 is 0. The lowest BCUT2D eigenvalue weighted by atomic mass is 10.3. The van der Waals surface area contributed by atoms with Crippen LogP contribution in [-0.2, 0) is 16.0 Å². The van der Waals surface area contributed by atoms with E-state index in [1.165, 1.54) is 0 Å². The van der Waals surface area contributed by atoms with Gasteiger partial charge < -0.3 is 10.2 Å². The van der Waals surface area contributed by atoms with Gasteiger partial charge in [-0.05, 0) is 32.2 Å². The second-order valence-corrected chi connectivity index (χ2v) is 7.23. The van der Waals surface area contributed by atoms with Crippen molar-refractivity contribution in [3.8, 4) is 9.88 Å². The molecule has 0 spiro atoms. The number of likely N-dealkylation sites (N-methyl/N-ethyl adjacent to an activating group) is 1. The second kappa shape index (κ2) is 8.21. The molecule has 0 unspecified atom stereocenters. The van der Waals surface area contributed by atoms with Crippen LogP contribution in [-0.4, -0.2) is 40.8 Å². The Kier molecular flexibility index (Phi) is 6.29. The molecule has 124 valence electrons. The van der Waals surface area contributed by atoms with E-state index >= 15 is 0 Å². The van der Waals surface area contributed by atoms with E-state index in [1.54, 1.807) is 27.6 Å². The highest BCUT2D eigenvalue weighted by molar-refractivity contribution is 7.20. The maximum atomic E-state index is 12.4. The van der Waals surface area contributed by atoms with Crippen molar-refractivity contribution in [2.75, 3.05) is 13.1 Å². The minimum absolute atomic E-state index is 0.0724. The van der Waals surface area contributed by atoms with Crippen molar-refractivity contribution in [2.24, 2.45) is 0 Å². The predicted octanol–water partition coefficient (Wildman–Crippen LogP) is 2.79. The molecule has 2 heterocycles. The largest absolute Gasteiger partial charge is 0.352 e. The summed E-state index contributed by atoms with van der Waals surface area (Å²) in [4.78, 5) is 31.4. The number of aromatic nitrogens is 1. The lowest BCUT2D eigenvalue weighted by Gasteiger charge is -2.20. The molecule has 2 rings (SSSR count). The summed E-state index contributed by atoms with van der Waals surface area (Å²) in [6.45, 7) is 6.27. The number of nitrogens with one attached hydrogen (secondary N) is 1.